The van der Waals surface area contributed by atoms with Crippen molar-refractivity contribution < 1.29 is 14.7 Å². The zero-order valence-corrected chi connectivity index (χ0v) is 8.56. The lowest BCUT2D eigenvalue weighted by Crippen LogP contribution is -2.62. The van der Waals surface area contributed by atoms with E-state index in [9.17, 15) is 9.59 Å². The molecule has 1 aliphatic heterocycles. The van der Waals surface area contributed by atoms with Crippen LogP contribution in [0.15, 0.2) is 11.1 Å². The van der Waals surface area contributed by atoms with Gasteiger partial charge in [0.1, 0.15) is 5.78 Å². The summed E-state index contributed by atoms with van der Waals surface area (Å²) in [6, 6.07) is 0. The summed E-state index contributed by atoms with van der Waals surface area (Å²) in [6.45, 7) is 1.75. The van der Waals surface area contributed by atoms with Gasteiger partial charge >= 0.3 is 5.97 Å². The maximum absolute atomic E-state index is 11.3. The van der Waals surface area contributed by atoms with E-state index in [1.165, 1.54) is 11.8 Å². The molecule has 2 rings (SSSR count). The molecule has 76 valence electrons. The molecule has 0 saturated heterocycles. The first-order valence-electron chi connectivity index (χ1n) is 4.34. The van der Waals surface area contributed by atoms with E-state index in [1.807, 2.05) is 0 Å². The molecule has 3 N–H and O–H groups in total. The van der Waals surface area contributed by atoms with Gasteiger partial charge in [-0.15, -0.1) is 11.8 Å². The molecule has 4 nitrogen and oxygen atoms in total. The highest BCUT2D eigenvalue weighted by Crippen LogP contribution is 2.50. The average Bonchev–Trinajstić information content (AvgIpc) is 2.08. The summed E-state index contributed by atoms with van der Waals surface area (Å²) in [5.41, 5.74) is 6.92. The third kappa shape index (κ3) is 1.12. The van der Waals surface area contributed by atoms with Crippen molar-refractivity contribution in [3.8, 4) is 0 Å². The standard InChI is InChI=1S/C9H11NO3S/c1-4-3-14-9(10)2-5(11)7(9)6(4)8(12)13/h7H,2-3,10H2,1H3,(H,12,13). The number of ketones is 1. The smallest absolute Gasteiger partial charge is 0.332 e. The molecule has 5 heteroatoms. The Hall–Kier alpha value is -0.810. The summed E-state index contributed by atoms with van der Waals surface area (Å²) < 4.78 is 0. The van der Waals surface area contributed by atoms with Crippen molar-refractivity contribution >= 4 is 23.5 Å². The molecule has 1 heterocycles. The minimum absolute atomic E-state index is 0.0450. The lowest BCUT2D eigenvalue weighted by molar-refractivity contribution is -0.138. The minimum Gasteiger partial charge on any atom is -0.478 e. The first kappa shape index (κ1) is 9.73. The van der Waals surface area contributed by atoms with Crippen molar-refractivity contribution in [1.82, 2.24) is 0 Å². The van der Waals surface area contributed by atoms with Crippen LogP contribution in [0, 0.1) is 5.92 Å². The number of carboxylic acids is 1. The van der Waals surface area contributed by atoms with Crippen LogP contribution in [0.3, 0.4) is 0 Å². The van der Waals surface area contributed by atoms with E-state index in [0.717, 1.165) is 5.57 Å². The Morgan fingerprint density at radius 3 is 2.79 bits per heavy atom. The zero-order chi connectivity index (χ0) is 10.5. The van der Waals surface area contributed by atoms with Crippen LogP contribution in [0.5, 0.6) is 0 Å². The molecule has 1 fully saturated rings. The second-order valence-electron chi connectivity index (χ2n) is 3.82. The largest absolute Gasteiger partial charge is 0.478 e. The molecule has 0 amide bonds. The fourth-order valence-electron chi connectivity index (χ4n) is 2.03. The van der Waals surface area contributed by atoms with Crippen LogP contribution in [-0.4, -0.2) is 27.5 Å². The highest BCUT2D eigenvalue weighted by molar-refractivity contribution is 8.01. The van der Waals surface area contributed by atoms with E-state index in [1.54, 1.807) is 6.92 Å². The monoisotopic (exact) mass is 213 g/mol. The first-order chi connectivity index (χ1) is 6.46. The summed E-state index contributed by atoms with van der Waals surface area (Å²) in [6.07, 6.45) is 0.298. The fourth-order valence-corrected chi connectivity index (χ4v) is 3.33. The van der Waals surface area contributed by atoms with Gasteiger partial charge in [-0.25, -0.2) is 4.79 Å². The van der Waals surface area contributed by atoms with Gasteiger partial charge in [0.2, 0.25) is 0 Å². The Labute approximate surface area is 85.5 Å². The number of nitrogens with two attached hydrogens (primary N) is 1. The lowest BCUT2D eigenvalue weighted by Gasteiger charge is -2.47. The molecule has 0 aromatic carbocycles. The minimum atomic E-state index is -1.00. The second kappa shape index (κ2) is 2.84. The van der Waals surface area contributed by atoms with Gasteiger partial charge in [-0.3, -0.25) is 4.79 Å². The number of carboxylic acid groups (broad SMARTS) is 1. The van der Waals surface area contributed by atoms with Crippen LogP contribution >= 0.6 is 11.8 Å². The quantitative estimate of drug-likeness (QED) is 0.658. The number of carbonyl (C=O) groups excluding carboxylic acids is 1. The number of hydrogen-bond donors (Lipinski definition) is 2. The second-order valence-corrected chi connectivity index (χ2v) is 5.16. The van der Waals surface area contributed by atoms with Crippen molar-refractivity contribution in [2.75, 3.05) is 5.75 Å². The Bertz CT molecular complexity index is 363. The summed E-state index contributed by atoms with van der Waals surface area (Å²) in [5, 5.41) is 8.99. The van der Waals surface area contributed by atoms with E-state index in [4.69, 9.17) is 10.8 Å². The van der Waals surface area contributed by atoms with Gasteiger partial charge in [0.25, 0.3) is 0 Å². The summed E-state index contributed by atoms with van der Waals surface area (Å²) >= 11 is 1.48. The first-order valence-corrected chi connectivity index (χ1v) is 5.33. The van der Waals surface area contributed by atoms with Gasteiger partial charge < -0.3 is 10.8 Å². The predicted octanol–water partition coefficient (Wildman–Crippen LogP) is 0.378. The van der Waals surface area contributed by atoms with Crippen LogP contribution in [-0.2, 0) is 9.59 Å². The number of fused-ring (bicyclic) bond motifs is 1. The SMILES string of the molecule is CC1=C(C(=O)O)C2C(=O)CC2(N)SC1. The van der Waals surface area contributed by atoms with E-state index in [-0.39, 0.29) is 11.4 Å². The number of thioether (sulfide) groups is 1. The van der Waals surface area contributed by atoms with Crippen LogP contribution < -0.4 is 5.73 Å². The zero-order valence-electron chi connectivity index (χ0n) is 7.74. The van der Waals surface area contributed by atoms with Crippen molar-refractivity contribution in [3.05, 3.63) is 11.1 Å². The highest BCUT2D eigenvalue weighted by Gasteiger charge is 2.56. The van der Waals surface area contributed by atoms with Crippen LogP contribution in [0.2, 0.25) is 0 Å². The number of rotatable bonds is 1. The number of hydrogen-bond acceptors (Lipinski definition) is 4. The highest BCUT2D eigenvalue weighted by atomic mass is 32.2. The molecule has 0 radical (unpaired) electrons. The van der Waals surface area contributed by atoms with E-state index in [0.29, 0.717) is 12.2 Å². The molecule has 0 aromatic heterocycles. The van der Waals surface area contributed by atoms with Gasteiger partial charge in [-0.1, -0.05) is 5.57 Å². The third-order valence-electron chi connectivity index (χ3n) is 2.80. The van der Waals surface area contributed by atoms with E-state index in [2.05, 4.69) is 0 Å². The van der Waals surface area contributed by atoms with Crippen molar-refractivity contribution in [2.24, 2.45) is 11.7 Å². The molecule has 0 aromatic rings. The predicted molar refractivity (Wildman–Crippen MR) is 52.8 cm³/mol. The summed E-state index contributed by atoms with van der Waals surface area (Å²) in [4.78, 5) is 21.7. The Morgan fingerprint density at radius 1 is 1.71 bits per heavy atom. The molecule has 0 spiro atoms. The average molecular weight is 213 g/mol. The molecule has 2 atom stereocenters. The van der Waals surface area contributed by atoms with Crippen LogP contribution in [0.1, 0.15) is 13.3 Å². The lowest BCUT2D eigenvalue weighted by atomic mass is 9.71. The summed E-state index contributed by atoms with van der Waals surface area (Å²) in [5.74, 6) is -1.02. The van der Waals surface area contributed by atoms with Gasteiger partial charge in [0.05, 0.1) is 10.8 Å². The number of aliphatic carboxylic acids is 1. The Balaban J connectivity index is 2.44. The van der Waals surface area contributed by atoms with Gasteiger partial charge in [0, 0.05) is 17.7 Å². The van der Waals surface area contributed by atoms with Crippen molar-refractivity contribution in [1.29, 1.82) is 0 Å². The van der Waals surface area contributed by atoms with E-state index < -0.39 is 16.8 Å². The molecule has 0 bridgehead atoms. The maximum atomic E-state index is 11.3. The molecule has 1 saturated carbocycles. The Morgan fingerprint density at radius 2 is 2.36 bits per heavy atom. The summed E-state index contributed by atoms with van der Waals surface area (Å²) in [7, 11) is 0. The normalized spacial score (nSPS) is 36.4. The molecule has 1 aliphatic carbocycles. The molecule has 14 heavy (non-hydrogen) atoms. The molecule has 2 unspecified atom stereocenters. The van der Waals surface area contributed by atoms with E-state index >= 15 is 0 Å². The number of Topliss-reactive ketones (excluding diaryl/α,β-unsaturated/α-hetero) is 1. The third-order valence-corrected chi connectivity index (χ3v) is 4.29. The van der Waals surface area contributed by atoms with Gasteiger partial charge in [-0.2, -0.15) is 0 Å². The fraction of sp³-hybridized carbons (Fsp3) is 0.556. The van der Waals surface area contributed by atoms with Crippen molar-refractivity contribution in [3.63, 3.8) is 0 Å². The van der Waals surface area contributed by atoms with Crippen molar-refractivity contribution in [2.45, 2.75) is 18.2 Å². The topological polar surface area (TPSA) is 80.4 Å². The van der Waals surface area contributed by atoms with Gasteiger partial charge in [-0.05, 0) is 6.92 Å². The van der Waals surface area contributed by atoms with Crippen LogP contribution in [0.4, 0.5) is 0 Å². The molecular formula is C9H11NO3S. The molecule has 2 aliphatic rings. The number of carbonyl (C=O) groups is 2. The Kier molecular flexibility index (Phi) is 1.97. The van der Waals surface area contributed by atoms with Gasteiger partial charge in [0.15, 0.2) is 0 Å². The maximum Gasteiger partial charge on any atom is 0.332 e. The van der Waals surface area contributed by atoms with Crippen LogP contribution in [0.25, 0.3) is 0 Å². The molecular weight excluding hydrogens is 202 g/mol.